The summed E-state index contributed by atoms with van der Waals surface area (Å²) >= 11 is 0. The number of likely N-dealkylation sites (tertiary alicyclic amines) is 1. The molecule has 1 aliphatic heterocycles. The Labute approximate surface area is 200 Å². The lowest BCUT2D eigenvalue weighted by molar-refractivity contribution is -0.142. The molecule has 4 atom stereocenters. The summed E-state index contributed by atoms with van der Waals surface area (Å²) in [7, 11) is 0. The van der Waals surface area contributed by atoms with E-state index in [-0.39, 0.29) is 11.9 Å². The zero-order valence-electron chi connectivity index (χ0n) is 20.5. The first-order valence-electron chi connectivity index (χ1n) is 11.9. The van der Waals surface area contributed by atoms with Gasteiger partial charge in [-0.2, -0.15) is 0 Å². The topological polar surface area (TPSA) is 105 Å². The van der Waals surface area contributed by atoms with Crippen molar-refractivity contribution in [1.82, 2.24) is 15.5 Å². The van der Waals surface area contributed by atoms with E-state index in [1.165, 1.54) is 4.90 Å². The third kappa shape index (κ3) is 8.04. The van der Waals surface area contributed by atoms with Gasteiger partial charge < -0.3 is 21.3 Å². The van der Waals surface area contributed by atoms with E-state index in [1.54, 1.807) is 6.92 Å². The van der Waals surface area contributed by atoms with Crippen molar-refractivity contribution in [3.05, 3.63) is 35.9 Å². The van der Waals surface area contributed by atoms with Crippen LogP contribution in [0.25, 0.3) is 0 Å². The van der Waals surface area contributed by atoms with Crippen LogP contribution in [0.1, 0.15) is 58.9 Å². The van der Waals surface area contributed by atoms with Gasteiger partial charge in [0.1, 0.15) is 12.1 Å². The van der Waals surface area contributed by atoms with Crippen molar-refractivity contribution in [2.75, 3.05) is 6.54 Å². The van der Waals surface area contributed by atoms with Crippen molar-refractivity contribution in [2.45, 2.75) is 90.4 Å². The number of amides is 3. The summed E-state index contributed by atoms with van der Waals surface area (Å²) in [5, 5.41) is 5.20. The molecule has 0 saturated carbocycles. The highest BCUT2D eigenvalue weighted by Gasteiger charge is 2.40. The van der Waals surface area contributed by atoms with Gasteiger partial charge in [-0.3, -0.25) is 14.4 Å². The van der Waals surface area contributed by atoms with Crippen LogP contribution in [0.5, 0.6) is 0 Å². The highest BCUT2D eigenvalue weighted by molar-refractivity contribution is 5.93. The van der Waals surface area contributed by atoms with Gasteiger partial charge in [0.25, 0.3) is 0 Å². The number of carbonyl (C=O) groups is 3. The van der Waals surface area contributed by atoms with Gasteiger partial charge in [-0.15, -0.1) is 0 Å². The van der Waals surface area contributed by atoms with Gasteiger partial charge in [-0.1, -0.05) is 51.1 Å². The molecular weight excluding hydrogens is 442 g/mol. The van der Waals surface area contributed by atoms with Crippen LogP contribution in [0.3, 0.4) is 0 Å². The van der Waals surface area contributed by atoms with Crippen LogP contribution in [0.15, 0.2) is 30.3 Å². The molecule has 4 N–H and O–H groups in total. The summed E-state index contributed by atoms with van der Waals surface area (Å²) in [6.45, 7) is 7.67. The molecule has 0 spiro atoms. The molecule has 3 amide bonds. The average molecular weight is 481 g/mol. The highest BCUT2D eigenvalue weighted by atomic mass is 19.3. The summed E-state index contributed by atoms with van der Waals surface area (Å²) < 4.78 is 26.4. The van der Waals surface area contributed by atoms with Crippen molar-refractivity contribution < 1.29 is 23.2 Å². The first-order valence-corrected chi connectivity index (χ1v) is 11.9. The van der Waals surface area contributed by atoms with Crippen LogP contribution in [0.2, 0.25) is 0 Å². The standard InChI is InChI=1S/C25H38F2N4O3/c1-16(12-13-17-9-6-5-7-10-17)29-22(32)18(15-20(26)27)30-23(33)19-11-8-14-31(19)24(34)21(28)25(2,3)4/h5-7,9-10,16,18-21H,8,11-15,28H2,1-4H3,(H,29,32)(H,30,33)/t16?,18-,19-,21+/m0/s1. The number of alkyl halides is 2. The van der Waals surface area contributed by atoms with Gasteiger partial charge in [0.2, 0.25) is 24.1 Å². The Morgan fingerprint density at radius 1 is 1.15 bits per heavy atom. The fourth-order valence-corrected chi connectivity index (χ4v) is 3.97. The van der Waals surface area contributed by atoms with Gasteiger partial charge in [0.05, 0.1) is 6.04 Å². The van der Waals surface area contributed by atoms with E-state index in [0.717, 1.165) is 12.0 Å². The predicted octanol–water partition coefficient (Wildman–Crippen LogP) is 2.63. The maximum absolute atomic E-state index is 13.2. The molecule has 1 fully saturated rings. The third-order valence-electron chi connectivity index (χ3n) is 6.18. The number of hydrogen-bond acceptors (Lipinski definition) is 4. The molecule has 9 heteroatoms. The number of carbonyl (C=O) groups excluding carboxylic acids is 3. The molecule has 1 heterocycles. The molecule has 1 unspecified atom stereocenters. The quantitative estimate of drug-likeness (QED) is 0.479. The second-order valence-electron chi connectivity index (χ2n) is 10.2. The molecular formula is C25H38F2N4O3. The molecule has 0 radical (unpaired) electrons. The average Bonchev–Trinajstić information content (AvgIpc) is 3.26. The van der Waals surface area contributed by atoms with Crippen molar-refractivity contribution in [2.24, 2.45) is 11.1 Å². The van der Waals surface area contributed by atoms with Crippen molar-refractivity contribution >= 4 is 17.7 Å². The van der Waals surface area contributed by atoms with E-state index < -0.39 is 48.2 Å². The van der Waals surface area contributed by atoms with Crippen LogP contribution in [-0.4, -0.2) is 59.8 Å². The largest absolute Gasteiger partial charge is 0.352 e. The van der Waals surface area contributed by atoms with Crippen LogP contribution >= 0.6 is 0 Å². The Morgan fingerprint density at radius 3 is 2.38 bits per heavy atom. The number of halogens is 2. The summed E-state index contributed by atoms with van der Waals surface area (Å²) in [6, 6.07) is 6.46. The maximum Gasteiger partial charge on any atom is 0.243 e. The molecule has 0 aromatic heterocycles. The Hall–Kier alpha value is -2.55. The lowest BCUT2D eigenvalue weighted by Gasteiger charge is -2.33. The highest BCUT2D eigenvalue weighted by Crippen LogP contribution is 2.24. The van der Waals surface area contributed by atoms with E-state index in [2.05, 4.69) is 10.6 Å². The molecule has 0 aliphatic carbocycles. The normalized spacial score (nSPS) is 18.9. The fourth-order valence-electron chi connectivity index (χ4n) is 3.97. The lowest BCUT2D eigenvalue weighted by Crippen LogP contribution is -2.57. The summed E-state index contributed by atoms with van der Waals surface area (Å²) in [4.78, 5) is 40.0. The molecule has 7 nitrogen and oxygen atoms in total. The van der Waals surface area contributed by atoms with Gasteiger partial charge in [-0.05, 0) is 43.6 Å². The lowest BCUT2D eigenvalue weighted by atomic mass is 9.86. The number of nitrogens with zero attached hydrogens (tertiary/aromatic N) is 1. The van der Waals surface area contributed by atoms with Crippen molar-refractivity contribution in [3.63, 3.8) is 0 Å². The smallest absolute Gasteiger partial charge is 0.243 e. The third-order valence-corrected chi connectivity index (χ3v) is 6.18. The van der Waals surface area contributed by atoms with Crippen molar-refractivity contribution in [3.8, 4) is 0 Å². The Bertz CT molecular complexity index is 829. The van der Waals surface area contributed by atoms with Gasteiger partial charge in [-0.25, -0.2) is 8.78 Å². The van der Waals surface area contributed by atoms with Gasteiger partial charge in [0, 0.05) is 19.0 Å². The number of nitrogens with one attached hydrogen (secondary N) is 2. The Kier molecular flexibility index (Phi) is 9.97. The number of aryl methyl sites for hydroxylation is 1. The van der Waals surface area contributed by atoms with Gasteiger partial charge >= 0.3 is 0 Å². The fraction of sp³-hybridized carbons (Fsp3) is 0.640. The number of rotatable bonds is 10. The summed E-state index contributed by atoms with van der Waals surface area (Å²) in [5.74, 6) is -1.62. The first kappa shape index (κ1) is 27.7. The molecule has 2 rings (SSSR count). The van der Waals surface area contributed by atoms with E-state index in [1.807, 2.05) is 51.1 Å². The van der Waals surface area contributed by atoms with Crippen LogP contribution < -0.4 is 16.4 Å². The second-order valence-corrected chi connectivity index (χ2v) is 10.2. The van der Waals surface area contributed by atoms with Crippen LogP contribution in [-0.2, 0) is 20.8 Å². The summed E-state index contributed by atoms with van der Waals surface area (Å²) in [6.07, 6.45) is -1.23. The number of hydrogen-bond donors (Lipinski definition) is 3. The maximum atomic E-state index is 13.2. The molecule has 1 aromatic rings. The molecule has 1 aliphatic rings. The minimum atomic E-state index is -2.77. The minimum absolute atomic E-state index is 0.265. The Balaban J connectivity index is 2.00. The first-order chi connectivity index (χ1) is 15.9. The second kappa shape index (κ2) is 12.2. The Morgan fingerprint density at radius 2 is 1.79 bits per heavy atom. The molecule has 34 heavy (non-hydrogen) atoms. The predicted molar refractivity (Wildman–Crippen MR) is 127 cm³/mol. The van der Waals surface area contributed by atoms with E-state index >= 15 is 0 Å². The zero-order valence-corrected chi connectivity index (χ0v) is 20.5. The SMILES string of the molecule is CC(CCc1ccccc1)NC(=O)[C@H](CC(F)F)NC(=O)[C@@H]1CCCN1C(=O)[C@@H](N)C(C)(C)C. The number of benzene rings is 1. The molecule has 190 valence electrons. The van der Waals surface area contributed by atoms with E-state index in [0.29, 0.717) is 25.8 Å². The van der Waals surface area contributed by atoms with Crippen molar-refractivity contribution in [1.29, 1.82) is 0 Å². The van der Waals surface area contributed by atoms with E-state index in [4.69, 9.17) is 5.73 Å². The molecule has 1 aromatic carbocycles. The van der Waals surface area contributed by atoms with E-state index in [9.17, 15) is 23.2 Å². The van der Waals surface area contributed by atoms with Crippen LogP contribution in [0.4, 0.5) is 8.78 Å². The van der Waals surface area contributed by atoms with Crippen LogP contribution in [0, 0.1) is 5.41 Å². The minimum Gasteiger partial charge on any atom is -0.352 e. The monoisotopic (exact) mass is 480 g/mol. The van der Waals surface area contributed by atoms with Gasteiger partial charge in [0.15, 0.2) is 0 Å². The molecule has 0 bridgehead atoms. The number of nitrogens with two attached hydrogens (primary N) is 1. The summed E-state index contributed by atoms with van der Waals surface area (Å²) in [5.41, 5.74) is 6.71. The zero-order chi connectivity index (χ0) is 25.5. The molecule has 1 saturated heterocycles.